The fraction of sp³-hybridized carbons (Fsp3) is 0.200. The minimum atomic E-state index is -0.270. The normalized spacial score (nSPS) is 11.3. The van der Waals surface area contributed by atoms with Gasteiger partial charge in [0.05, 0.1) is 0 Å². The third kappa shape index (κ3) is 4.62. The first-order chi connectivity index (χ1) is 9.94. The molecular formula is C15H15Cl2N3O. The van der Waals surface area contributed by atoms with Crippen molar-refractivity contribution in [2.45, 2.75) is 19.8 Å². The van der Waals surface area contributed by atoms with E-state index in [4.69, 9.17) is 23.2 Å². The molecule has 0 saturated heterocycles. The van der Waals surface area contributed by atoms with Crippen molar-refractivity contribution < 1.29 is 4.79 Å². The molecule has 1 amide bonds. The Balaban J connectivity index is 2.01. The SMILES string of the molecule is CC(C)c1cc(NC(=O)/C=C/c2cc(Cl)cc(Cl)c2)n[nH]1. The molecule has 2 aromatic rings. The van der Waals surface area contributed by atoms with Gasteiger partial charge in [0, 0.05) is 27.9 Å². The summed E-state index contributed by atoms with van der Waals surface area (Å²) in [6.07, 6.45) is 3.05. The quantitative estimate of drug-likeness (QED) is 0.814. The Bertz CT molecular complexity index is 657. The number of anilines is 1. The third-order valence-electron chi connectivity index (χ3n) is 2.78. The molecule has 0 unspecified atom stereocenters. The summed E-state index contributed by atoms with van der Waals surface area (Å²) in [6, 6.07) is 6.90. The number of H-pyrrole nitrogens is 1. The second-order valence-electron chi connectivity index (χ2n) is 4.89. The molecule has 1 heterocycles. The lowest BCUT2D eigenvalue weighted by Crippen LogP contribution is -2.07. The fourth-order valence-corrected chi connectivity index (χ4v) is 2.25. The molecule has 1 aromatic heterocycles. The summed E-state index contributed by atoms with van der Waals surface area (Å²) in [6.45, 7) is 4.09. The Morgan fingerprint density at radius 2 is 1.90 bits per heavy atom. The zero-order valence-corrected chi connectivity index (χ0v) is 13.2. The van der Waals surface area contributed by atoms with Crippen LogP contribution >= 0.6 is 23.2 Å². The number of carbonyl (C=O) groups is 1. The van der Waals surface area contributed by atoms with Crippen molar-refractivity contribution in [3.63, 3.8) is 0 Å². The third-order valence-corrected chi connectivity index (χ3v) is 3.22. The monoisotopic (exact) mass is 323 g/mol. The standard InChI is InChI=1S/C15H15Cl2N3O/c1-9(2)13-8-14(20-19-13)18-15(21)4-3-10-5-11(16)7-12(17)6-10/h3-9H,1-2H3,(H2,18,19,20,21)/b4-3+. The van der Waals surface area contributed by atoms with Crippen molar-refractivity contribution in [2.75, 3.05) is 5.32 Å². The Morgan fingerprint density at radius 1 is 1.24 bits per heavy atom. The number of rotatable bonds is 4. The highest BCUT2D eigenvalue weighted by molar-refractivity contribution is 6.34. The first-order valence-electron chi connectivity index (χ1n) is 6.44. The number of nitrogens with zero attached hydrogens (tertiary/aromatic N) is 1. The Labute approximate surface area is 133 Å². The molecule has 0 bridgehead atoms. The maximum atomic E-state index is 11.8. The van der Waals surface area contributed by atoms with Gasteiger partial charge in [-0.25, -0.2) is 0 Å². The van der Waals surface area contributed by atoms with E-state index >= 15 is 0 Å². The predicted octanol–water partition coefficient (Wildman–Crippen LogP) is 4.49. The van der Waals surface area contributed by atoms with E-state index in [1.807, 2.05) is 19.9 Å². The summed E-state index contributed by atoms with van der Waals surface area (Å²) < 4.78 is 0. The van der Waals surface area contributed by atoms with Gasteiger partial charge in [-0.2, -0.15) is 5.10 Å². The molecule has 0 aliphatic heterocycles. The second-order valence-corrected chi connectivity index (χ2v) is 5.76. The summed E-state index contributed by atoms with van der Waals surface area (Å²) in [5.41, 5.74) is 1.73. The predicted molar refractivity (Wildman–Crippen MR) is 86.8 cm³/mol. The highest BCUT2D eigenvalue weighted by Gasteiger charge is 2.06. The molecule has 2 rings (SSSR count). The van der Waals surface area contributed by atoms with E-state index in [0.717, 1.165) is 11.3 Å². The molecule has 0 atom stereocenters. The van der Waals surface area contributed by atoms with E-state index in [0.29, 0.717) is 21.8 Å². The number of aromatic nitrogens is 2. The minimum Gasteiger partial charge on any atom is -0.306 e. The molecule has 6 heteroatoms. The van der Waals surface area contributed by atoms with Gasteiger partial charge in [0.2, 0.25) is 5.91 Å². The molecule has 4 nitrogen and oxygen atoms in total. The van der Waals surface area contributed by atoms with Crippen LogP contribution in [0.4, 0.5) is 5.82 Å². The summed E-state index contributed by atoms with van der Waals surface area (Å²) in [5.74, 6) is 0.553. The maximum absolute atomic E-state index is 11.8. The van der Waals surface area contributed by atoms with E-state index in [9.17, 15) is 4.79 Å². The van der Waals surface area contributed by atoms with E-state index in [-0.39, 0.29) is 5.91 Å². The van der Waals surface area contributed by atoms with Gasteiger partial charge in [-0.1, -0.05) is 37.0 Å². The van der Waals surface area contributed by atoms with Crippen molar-refractivity contribution >= 4 is 41.0 Å². The van der Waals surface area contributed by atoms with Crippen LogP contribution in [-0.4, -0.2) is 16.1 Å². The van der Waals surface area contributed by atoms with Crippen LogP contribution in [0.15, 0.2) is 30.3 Å². The van der Waals surface area contributed by atoms with E-state index in [2.05, 4.69) is 15.5 Å². The number of hydrogen-bond donors (Lipinski definition) is 2. The van der Waals surface area contributed by atoms with Crippen LogP contribution in [0.3, 0.4) is 0 Å². The van der Waals surface area contributed by atoms with Crippen LogP contribution in [0.5, 0.6) is 0 Å². The minimum absolute atomic E-state index is 0.270. The van der Waals surface area contributed by atoms with Gasteiger partial charge in [-0.3, -0.25) is 9.89 Å². The number of halogens is 2. The highest BCUT2D eigenvalue weighted by Crippen LogP contribution is 2.20. The summed E-state index contributed by atoms with van der Waals surface area (Å²) >= 11 is 11.8. The Hall–Kier alpha value is -1.78. The van der Waals surface area contributed by atoms with Crippen LogP contribution in [0.25, 0.3) is 6.08 Å². The van der Waals surface area contributed by atoms with Crippen molar-refractivity contribution in [1.29, 1.82) is 0 Å². The van der Waals surface area contributed by atoms with Crippen molar-refractivity contribution in [2.24, 2.45) is 0 Å². The van der Waals surface area contributed by atoms with Gasteiger partial charge in [0.25, 0.3) is 0 Å². The molecule has 0 radical (unpaired) electrons. The van der Waals surface area contributed by atoms with Crippen molar-refractivity contribution in [1.82, 2.24) is 10.2 Å². The van der Waals surface area contributed by atoms with Crippen LogP contribution in [-0.2, 0) is 4.79 Å². The van der Waals surface area contributed by atoms with Gasteiger partial charge >= 0.3 is 0 Å². The largest absolute Gasteiger partial charge is 0.306 e. The molecule has 0 saturated carbocycles. The number of aromatic amines is 1. The van der Waals surface area contributed by atoms with Gasteiger partial charge in [-0.15, -0.1) is 0 Å². The molecule has 0 aliphatic rings. The average Bonchev–Trinajstić information content (AvgIpc) is 2.84. The highest BCUT2D eigenvalue weighted by atomic mass is 35.5. The average molecular weight is 324 g/mol. The summed E-state index contributed by atoms with van der Waals surface area (Å²) in [4.78, 5) is 11.8. The van der Waals surface area contributed by atoms with Gasteiger partial charge in [0.15, 0.2) is 5.82 Å². The lowest BCUT2D eigenvalue weighted by Gasteiger charge is -1.98. The molecule has 1 aromatic carbocycles. The van der Waals surface area contributed by atoms with Crippen molar-refractivity contribution in [3.8, 4) is 0 Å². The second kappa shape index (κ2) is 6.78. The smallest absolute Gasteiger partial charge is 0.249 e. The first kappa shape index (κ1) is 15.6. The first-order valence-corrected chi connectivity index (χ1v) is 7.20. The molecule has 0 aliphatic carbocycles. The number of nitrogens with one attached hydrogen (secondary N) is 2. The topological polar surface area (TPSA) is 57.8 Å². The molecule has 110 valence electrons. The molecular weight excluding hydrogens is 309 g/mol. The van der Waals surface area contributed by atoms with E-state index < -0.39 is 0 Å². The van der Waals surface area contributed by atoms with E-state index in [1.54, 1.807) is 24.3 Å². The number of amides is 1. The summed E-state index contributed by atoms with van der Waals surface area (Å²) in [5, 5.41) is 10.6. The lowest BCUT2D eigenvalue weighted by molar-refractivity contribution is -0.111. The molecule has 2 N–H and O–H groups in total. The number of hydrogen-bond acceptors (Lipinski definition) is 2. The van der Waals surface area contributed by atoms with Crippen LogP contribution in [0.1, 0.15) is 31.0 Å². The van der Waals surface area contributed by atoms with Gasteiger partial charge in [0.1, 0.15) is 0 Å². The van der Waals surface area contributed by atoms with Gasteiger partial charge in [-0.05, 0) is 35.8 Å². The van der Waals surface area contributed by atoms with Crippen LogP contribution < -0.4 is 5.32 Å². The van der Waals surface area contributed by atoms with E-state index in [1.165, 1.54) is 6.08 Å². The number of carbonyl (C=O) groups excluding carboxylic acids is 1. The van der Waals surface area contributed by atoms with Crippen LogP contribution in [0.2, 0.25) is 10.0 Å². The molecule has 0 spiro atoms. The van der Waals surface area contributed by atoms with Gasteiger partial charge < -0.3 is 5.32 Å². The van der Waals surface area contributed by atoms with Crippen LogP contribution in [0, 0.1) is 0 Å². The molecule has 0 fully saturated rings. The Morgan fingerprint density at radius 3 is 2.48 bits per heavy atom. The fourth-order valence-electron chi connectivity index (χ4n) is 1.71. The Kier molecular flexibility index (Phi) is 5.04. The summed E-state index contributed by atoms with van der Waals surface area (Å²) in [7, 11) is 0. The zero-order valence-electron chi connectivity index (χ0n) is 11.7. The number of benzene rings is 1. The molecule has 21 heavy (non-hydrogen) atoms. The lowest BCUT2D eigenvalue weighted by atomic mass is 10.1. The zero-order chi connectivity index (χ0) is 15.4. The van der Waals surface area contributed by atoms with Crippen molar-refractivity contribution in [3.05, 3.63) is 51.6 Å². The maximum Gasteiger partial charge on any atom is 0.249 e.